The Kier molecular flexibility index (Phi) is 3.07. The molecule has 0 aliphatic rings. The molecule has 2 heteroatoms. The molecule has 0 amide bonds. The van der Waals surface area contributed by atoms with Gasteiger partial charge in [-0.1, -0.05) is 26.0 Å². The van der Waals surface area contributed by atoms with E-state index in [2.05, 4.69) is 6.92 Å². The first-order valence-electron chi connectivity index (χ1n) is 4.54. The van der Waals surface area contributed by atoms with Crippen LogP contribution in [0.1, 0.15) is 35.3 Å². The van der Waals surface area contributed by atoms with Gasteiger partial charge in [0.15, 0.2) is 0 Å². The zero-order valence-corrected chi connectivity index (χ0v) is 8.00. The minimum atomic E-state index is -0.834. The molecule has 0 aliphatic carbocycles. The number of aryl methyl sites for hydroxylation is 2. The lowest BCUT2D eigenvalue weighted by Gasteiger charge is -2.05. The fourth-order valence-corrected chi connectivity index (χ4v) is 1.37. The monoisotopic (exact) mass is 178 g/mol. The summed E-state index contributed by atoms with van der Waals surface area (Å²) in [6.07, 6.45) is 1.72. The van der Waals surface area contributed by atoms with Gasteiger partial charge >= 0.3 is 5.97 Å². The number of benzene rings is 1. The van der Waals surface area contributed by atoms with E-state index in [4.69, 9.17) is 5.11 Å². The summed E-state index contributed by atoms with van der Waals surface area (Å²) >= 11 is 0. The Bertz CT molecular complexity index is 316. The molecule has 1 aromatic carbocycles. The van der Waals surface area contributed by atoms with Crippen LogP contribution in [0.4, 0.5) is 0 Å². The van der Waals surface area contributed by atoms with E-state index < -0.39 is 5.97 Å². The lowest BCUT2D eigenvalue weighted by molar-refractivity contribution is 0.0695. The van der Waals surface area contributed by atoms with Crippen LogP contribution < -0.4 is 0 Å². The van der Waals surface area contributed by atoms with Crippen molar-refractivity contribution < 1.29 is 9.90 Å². The standard InChI is InChI=1S/C11H14O2/c1-3-8-5-6-10(11(12)13)9(4-2)7-8/h5-7H,3-4H2,1-2H3,(H,12,13). The van der Waals surface area contributed by atoms with Crippen molar-refractivity contribution in [2.45, 2.75) is 26.7 Å². The topological polar surface area (TPSA) is 37.3 Å². The van der Waals surface area contributed by atoms with Crippen LogP contribution in [0.3, 0.4) is 0 Å². The molecule has 0 unspecified atom stereocenters. The Balaban J connectivity index is 3.15. The number of hydrogen-bond acceptors (Lipinski definition) is 1. The van der Waals surface area contributed by atoms with E-state index in [0.717, 1.165) is 18.4 Å². The summed E-state index contributed by atoms with van der Waals surface area (Å²) in [5.74, 6) is -0.834. The number of rotatable bonds is 3. The molecule has 13 heavy (non-hydrogen) atoms. The average molecular weight is 178 g/mol. The van der Waals surface area contributed by atoms with Crippen molar-refractivity contribution in [2.24, 2.45) is 0 Å². The van der Waals surface area contributed by atoms with E-state index in [-0.39, 0.29) is 0 Å². The van der Waals surface area contributed by atoms with E-state index in [0.29, 0.717) is 5.56 Å². The zero-order valence-electron chi connectivity index (χ0n) is 8.00. The zero-order chi connectivity index (χ0) is 9.84. The molecule has 0 aromatic heterocycles. The number of carboxylic acid groups (broad SMARTS) is 1. The highest BCUT2D eigenvalue weighted by Gasteiger charge is 2.07. The smallest absolute Gasteiger partial charge is 0.335 e. The molecular formula is C11H14O2. The van der Waals surface area contributed by atoms with Gasteiger partial charge in [-0.05, 0) is 30.0 Å². The van der Waals surface area contributed by atoms with Gasteiger partial charge in [-0.2, -0.15) is 0 Å². The molecule has 1 rings (SSSR count). The van der Waals surface area contributed by atoms with Crippen molar-refractivity contribution in [2.75, 3.05) is 0 Å². The first-order valence-corrected chi connectivity index (χ1v) is 4.54. The summed E-state index contributed by atoms with van der Waals surface area (Å²) in [5, 5.41) is 8.86. The molecule has 0 aliphatic heterocycles. The minimum Gasteiger partial charge on any atom is -0.478 e. The molecule has 0 saturated carbocycles. The average Bonchev–Trinajstić information content (AvgIpc) is 2.16. The van der Waals surface area contributed by atoms with Crippen LogP contribution in [0.25, 0.3) is 0 Å². The van der Waals surface area contributed by atoms with E-state index in [1.54, 1.807) is 6.07 Å². The molecule has 0 heterocycles. The summed E-state index contributed by atoms with van der Waals surface area (Å²) < 4.78 is 0. The van der Waals surface area contributed by atoms with Crippen LogP contribution in [0, 0.1) is 0 Å². The highest BCUT2D eigenvalue weighted by Crippen LogP contribution is 2.13. The maximum atomic E-state index is 10.8. The molecule has 0 radical (unpaired) electrons. The molecule has 1 N–H and O–H groups in total. The second kappa shape index (κ2) is 4.08. The Morgan fingerprint density at radius 1 is 1.31 bits per heavy atom. The van der Waals surface area contributed by atoms with E-state index in [9.17, 15) is 4.79 Å². The predicted octanol–water partition coefficient (Wildman–Crippen LogP) is 2.51. The summed E-state index contributed by atoms with van der Waals surface area (Å²) in [6, 6.07) is 5.55. The van der Waals surface area contributed by atoms with Gasteiger partial charge in [-0.25, -0.2) is 4.79 Å². The normalized spacial score (nSPS) is 10.0. The summed E-state index contributed by atoms with van der Waals surface area (Å²) in [6.45, 7) is 4.04. The summed E-state index contributed by atoms with van der Waals surface area (Å²) in [5.41, 5.74) is 2.55. The van der Waals surface area contributed by atoms with Crippen molar-refractivity contribution in [1.29, 1.82) is 0 Å². The van der Waals surface area contributed by atoms with Crippen molar-refractivity contribution in [3.05, 3.63) is 34.9 Å². The lowest BCUT2D eigenvalue weighted by atomic mass is 10.0. The van der Waals surface area contributed by atoms with Gasteiger partial charge in [0.05, 0.1) is 5.56 Å². The molecule has 1 aromatic rings. The molecular weight excluding hydrogens is 164 g/mol. The Morgan fingerprint density at radius 3 is 2.46 bits per heavy atom. The van der Waals surface area contributed by atoms with Crippen molar-refractivity contribution >= 4 is 5.97 Å². The first kappa shape index (κ1) is 9.78. The van der Waals surface area contributed by atoms with Crippen LogP contribution in [-0.4, -0.2) is 11.1 Å². The van der Waals surface area contributed by atoms with Crippen LogP contribution in [0.5, 0.6) is 0 Å². The van der Waals surface area contributed by atoms with Gasteiger partial charge in [-0.15, -0.1) is 0 Å². The van der Waals surface area contributed by atoms with Crippen molar-refractivity contribution in [3.8, 4) is 0 Å². The van der Waals surface area contributed by atoms with Gasteiger partial charge in [0.1, 0.15) is 0 Å². The number of aromatic carboxylic acids is 1. The summed E-state index contributed by atoms with van der Waals surface area (Å²) in [7, 11) is 0. The molecule has 0 fully saturated rings. The van der Waals surface area contributed by atoms with Crippen LogP contribution >= 0.6 is 0 Å². The second-order valence-corrected chi connectivity index (χ2v) is 3.00. The number of hydrogen-bond donors (Lipinski definition) is 1. The molecule has 0 saturated heterocycles. The molecule has 0 bridgehead atoms. The third-order valence-corrected chi connectivity index (χ3v) is 2.19. The first-order chi connectivity index (χ1) is 6.19. The largest absolute Gasteiger partial charge is 0.478 e. The van der Waals surface area contributed by atoms with Crippen molar-refractivity contribution in [3.63, 3.8) is 0 Å². The second-order valence-electron chi connectivity index (χ2n) is 3.00. The van der Waals surface area contributed by atoms with E-state index >= 15 is 0 Å². The Labute approximate surface area is 78.2 Å². The Hall–Kier alpha value is -1.31. The Morgan fingerprint density at radius 2 is 2.00 bits per heavy atom. The van der Waals surface area contributed by atoms with Gasteiger partial charge in [0.25, 0.3) is 0 Å². The third-order valence-electron chi connectivity index (χ3n) is 2.19. The van der Waals surface area contributed by atoms with Crippen LogP contribution in [0.15, 0.2) is 18.2 Å². The van der Waals surface area contributed by atoms with Gasteiger partial charge in [-0.3, -0.25) is 0 Å². The fraction of sp³-hybridized carbons (Fsp3) is 0.364. The van der Waals surface area contributed by atoms with Gasteiger partial charge in [0, 0.05) is 0 Å². The van der Waals surface area contributed by atoms with E-state index in [1.165, 1.54) is 5.56 Å². The maximum absolute atomic E-state index is 10.8. The molecule has 70 valence electrons. The SMILES string of the molecule is CCc1ccc(C(=O)O)c(CC)c1. The quantitative estimate of drug-likeness (QED) is 0.772. The van der Waals surface area contributed by atoms with E-state index in [1.807, 2.05) is 19.1 Å². The molecule has 0 spiro atoms. The fourth-order valence-electron chi connectivity index (χ4n) is 1.37. The van der Waals surface area contributed by atoms with Gasteiger partial charge < -0.3 is 5.11 Å². The summed E-state index contributed by atoms with van der Waals surface area (Å²) in [4.78, 5) is 10.8. The maximum Gasteiger partial charge on any atom is 0.335 e. The predicted molar refractivity (Wildman–Crippen MR) is 52.2 cm³/mol. The number of carboxylic acids is 1. The van der Waals surface area contributed by atoms with Crippen LogP contribution in [-0.2, 0) is 12.8 Å². The third kappa shape index (κ3) is 2.08. The van der Waals surface area contributed by atoms with Crippen molar-refractivity contribution in [1.82, 2.24) is 0 Å². The molecule has 2 nitrogen and oxygen atoms in total. The highest BCUT2D eigenvalue weighted by molar-refractivity contribution is 5.89. The highest BCUT2D eigenvalue weighted by atomic mass is 16.4. The van der Waals surface area contributed by atoms with Crippen LogP contribution in [0.2, 0.25) is 0 Å². The van der Waals surface area contributed by atoms with Gasteiger partial charge in [0.2, 0.25) is 0 Å². The minimum absolute atomic E-state index is 0.430. The lowest BCUT2D eigenvalue weighted by Crippen LogP contribution is -2.02. The molecule has 0 atom stereocenters. The number of carbonyl (C=O) groups is 1.